The third kappa shape index (κ3) is 4.33. The van der Waals surface area contributed by atoms with Crippen LogP contribution in [0.15, 0.2) is 0 Å². The van der Waals surface area contributed by atoms with Crippen molar-refractivity contribution >= 4 is 17.8 Å². The van der Waals surface area contributed by atoms with Crippen molar-refractivity contribution in [3.63, 3.8) is 0 Å². The number of piperidine rings is 1. The molecular weight excluding hydrogens is 360 g/mol. The highest BCUT2D eigenvalue weighted by atomic mass is 16.5. The number of hydrogen-bond donors (Lipinski definition) is 3. The Labute approximate surface area is 167 Å². The van der Waals surface area contributed by atoms with Crippen molar-refractivity contribution in [1.82, 2.24) is 20.9 Å². The molecule has 1 saturated carbocycles. The fraction of sp³-hybridized carbons (Fsp3) is 0.850. The first-order valence-electron chi connectivity index (χ1n) is 10.5. The summed E-state index contributed by atoms with van der Waals surface area (Å²) in [4.78, 5) is 38.9. The molecule has 0 bridgehead atoms. The van der Waals surface area contributed by atoms with Gasteiger partial charge in [0.15, 0.2) is 0 Å². The summed E-state index contributed by atoms with van der Waals surface area (Å²) in [5, 5.41) is 9.14. The van der Waals surface area contributed by atoms with E-state index < -0.39 is 11.6 Å². The fourth-order valence-electron chi connectivity index (χ4n) is 4.86. The van der Waals surface area contributed by atoms with Gasteiger partial charge in [-0.1, -0.05) is 13.3 Å². The van der Waals surface area contributed by atoms with Crippen LogP contribution in [-0.2, 0) is 14.3 Å². The van der Waals surface area contributed by atoms with Gasteiger partial charge in [0.05, 0.1) is 6.61 Å². The van der Waals surface area contributed by atoms with E-state index in [1.54, 1.807) is 7.11 Å². The highest BCUT2D eigenvalue weighted by Crippen LogP contribution is 2.37. The average Bonchev–Trinajstić information content (AvgIpc) is 2.92. The van der Waals surface area contributed by atoms with Gasteiger partial charge in [0, 0.05) is 19.1 Å². The number of rotatable bonds is 7. The van der Waals surface area contributed by atoms with Gasteiger partial charge in [-0.3, -0.25) is 14.5 Å². The van der Waals surface area contributed by atoms with Crippen molar-refractivity contribution in [1.29, 1.82) is 0 Å². The summed E-state index contributed by atoms with van der Waals surface area (Å²) < 4.78 is 5.37. The van der Waals surface area contributed by atoms with Crippen molar-refractivity contribution in [2.75, 3.05) is 39.9 Å². The summed E-state index contributed by atoms with van der Waals surface area (Å²) in [5.74, 6) is 0.0853. The maximum Gasteiger partial charge on any atom is 0.325 e. The van der Waals surface area contributed by atoms with Crippen LogP contribution in [0.5, 0.6) is 0 Å². The SMILES string of the molecule is CCC1CCC2(CC1)NC(=O)N(CC(=O)NCC1(COC)CCNCC1)C2=O. The number of carbonyl (C=O) groups is 3. The molecule has 0 aromatic carbocycles. The Hall–Kier alpha value is -1.67. The molecule has 3 aliphatic rings. The normalized spacial score (nSPS) is 29.8. The first-order chi connectivity index (χ1) is 13.4. The van der Waals surface area contributed by atoms with Crippen LogP contribution < -0.4 is 16.0 Å². The quantitative estimate of drug-likeness (QED) is 0.560. The van der Waals surface area contributed by atoms with E-state index in [1.165, 1.54) is 0 Å². The molecule has 0 atom stereocenters. The van der Waals surface area contributed by atoms with Crippen molar-refractivity contribution in [3.8, 4) is 0 Å². The Balaban J connectivity index is 1.55. The summed E-state index contributed by atoms with van der Waals surface area (Å²) in [6.45, 7) is 4.81. The molecule has 2 aliphatic heterocycles. The second-order valence-electron chi connectivity index (χ2n) is 8.71. The molecule has 1 aliphatic carbocycles. The number of carbonyl (C=O) groups excluding carboxylic acids is 3. The van der Waals surface area contributed by atoms with Gasteiger partial charge < -0.3 is 20.7 Å². The number of nitrogens with one attached hydrogen (secondary N) is 3. The van der Waals surface area contributed by atoms with Gasteiger partial charge in [0.2, 0.25) is 5.91 Å². The van der Waals surface area contributed by atoms with Crippen LogP contribution in [0, 0.1) is 11.3 Å². The third-order valence-electron chi connectivity index (χ3n) is 6.86. The minimum Gasteiger partial charge on any atom is -0.384 e. The summed E-state index contributed by atoms with van der Waals surface area (Å²) in [7, 11) is 1.67. The predicted molar refractivity (Wildman–Crippen MR) is 105 cm³/mol. The molecular formula is C20H34N4O4. The number of imide groups is 1. The largest absolute Gasteiger partial charge is 0.384 e. The molecule has 0 aromatic heterocycles. The minimum atomic E-state index is -0.796. The standard InChI is InChI=1S/C20H34N4O4/c1-3-15-4-6-20(7-5-15)17(26)24(18(27)23-20)12-16(25)22-13-19(14-28-2)8-10-21-11-9-19/h15,21H,3-14H2,1-2H3,(H,22,25)(H,23,27). The molecule has 3 fully saturated rings. The van der Waals surface area contributed by atoms with Crippen LogP contribution >= 0.6 is 0 Å². The van der Waals surface area contributed by atoms with E-state index in [4.69, 9.17) is 4.74 Å². The Morgan fingerprint density at radius 2 is 1.89 bits per heavy atom. The topological polar surface area (TPSA) is 99.8 Å². The number of nitrogens with zero attached hydrogens (tertiary/aromatic N) is 1. The number of hydrogen-bond acceptors (Lipinski definition) is 5. The van der Waals surface area contributed by atoms with E-state index in [0.29, 0.717) is 31.9 Å². The van der Waals surface area contributed by atoms with Crippen LogP contribution in [0.4, 0.5) is 4.79 Å². The lowest BCUT2D eigenvalue weighted by Gasteiger charge is -2.37. The van der Waals surface area contributed by atoms with Crippen LogP contribution in [-0.4, -0.2) is 68.2 Å². The molecule has 28 heavy (non-hydrogen) atoms. The molecule has 158 valence electrons. The minimum absolute atomic E-state index is 0.0906. The summed E-state index contributed by atoms with van der Waals surface area (Å²) in [6.07, 6.45) is 6.16. The zero-order valence-corrected chi connectivity index (χ0v) is 17.1. The average molecular weight is 395 g/mol. The fourth-order valence-corrected chi connectivity index (χ4v) is 4.86. The van der Waals surface area contributed by atoms with Crippen LogP contribution in [0.25, 0.3) is 0 Å². The third-order valence-corrected chi connectivity index (χ3v) is 6.86. The van der Waals surface area contributed by atoms with Crippen molar-refractivity contribution in [2.45, 2.75) is 57.4 Å². The number of urea groups is 1. The molecule has 3 N–H and O–H groups in total. The van der Waals surface area contributed by atoms with Gasteiger partial charge in [0.1, 0.15) is 12.1 Å². The van der Waals surface area contributed by atoms with Gasteiger partial charge in [-0.15, -0.1) is 0 Å². The monoisotopic (exact) mass is 394 g/mol. The maximum absolute atomic E-state index is 12.9. The molecule has 0 radical (unpaired) electrons. The molecule has 2 saturated heterocycles. The van der Waals surface area contributed by atoms with Crippen LogP contribution in [0.3, 0.4) is 0 Å². The summed E-state index contributed by atoms with van der Waals surface area (Å²) in [6, 6.07) is -0.441. The van der Waals surface area contributed by atoms with Crippen molar-refractivity contribution in [2.24, 2.45) is 11.3 Å². The van der Waals surface area contributed by atoms with Crippen molar-refractivity contribution < 1.29 is 19.1 Å². The van der Waals surface area contributed by atoms with Gasteiger partial charge in [-0.25, -0.2) is 4.79 Å². The van der Waals surface area contributed by atoms with E-state index in [1.807, 2.05) is 0 Å². The van der Waals surface area contributed by atoms with Gasteiger partial charge in [0.25, 0.3) is 5.91 Å². The zero-order chi connectivity index (χ0) is 20.2. The Morgan fingerprint density at radius 3 is 2.50 bits per heavy atom. The molecule has 1 spiro atoms. The lowest BCUT2D eigenvalue weighted by molar-refractivity contribution is -0.136. The smallest absolute Gasteiger partial charge is 0.325 e. The van der Waals surface area contributed by atoms with Crippen LogP contribution in [0.2, 0.25) is 0 Å². The second-order valence-corrected chi connectivity index (χ2v) is 8.71. The van der Waals surface area contributed by atoms with E-state index in [2.05, 4.69) is 22.9 Å². The zero-order valence-electron chi connectivity index (χ0n) is 17.1. The Morgan fingerprint density at radius 1 is 1.21 bits per heavy atom. The second kappa shape index (κ2) is 8.78. The van der Waals surface area contributed by atoms with Crippen LogP contribution in [0.1, 0.15) is 51.9 Å². The molecule has 8 nitrogen and oxygen atoms in total. The van der Waals surface area contributed by atoms with Crippen molar-refractivity contribution in [3.05, 3.63) is 0 Å². The molecule has 0 unspecified atom stereocenters. The lowest BCUT2D eigenvalue weighted by atomic mass is 9.75. The summed E-state index contributed by atoms with van der Waals surface area (Å²) in [5.41, 5.74) is -0.887. The van der Waals surface area contributed by atoms with Gasteiger partial charge in [-0.05, 0) is 57.5 Å². The highest BCUT2D eigenvalue weighted by Gasteiger charge is 2.52. The van der Waals surface area contributed by atoms with E-state index in [-0.39, 0.29) is 23.8 Å². The van der Waals surface area contributed by atoms with Gasteiger partial charge >= 0.3 is 6.03 Å². The number of amides is 4. The number of ether oxygens (including phenoxy) is 1. The highest BCUT2D eigenvalue weighted by molar-refractivity contribution is 6.09. The first-order valence-corrected chi connectivity index (χ1v) is 10.5. The number of methoxy groups -OCH3 is 1. The summed E-state index contributed by atoms with van der Waals surface area (Å²) >= 11 is 0. The Kier molecular flexibility index (Phi) is 6.60. The van der Waals surface area contributed by atoms with Gasteiger partial charge in [-0.2, -0.15) is 0 Å². The molecule has 3 rings (SSSR count). The van der Waals surface area contributed by atoms with E-state index in [0.717, 1.165) is 50.1 Å². The first kappa shape index (κ1) is 21.0. The maximum atomic E-state index is 12.9. The predicted octanol–water partition coefficient (Wildman–Crippen LogP) is 1.01. The lowest BCUT2D eigenvalue weighted by Crippen LogP contribution is -2.51. The van der Waals surface area contributed by atoms with E-state index in [9.17, 15) is 14.4 Å². The Bertz CT molecular complexity index is 590. The molecule has 4 amide bonds. The molecule has 0 aromatic rings. The molecule has 2 heterocycles. The molecule has 8 heteroatoms. The van der Waals surface area contributed by atoms with E-state index >= 15 is 0 Å².